The van der Waals surface area contributed by atoms with E-state index in [-0.39, 0.29) is 11.9 Å². The Bertz CT molecular complexity index is 754. The number of aromatic nitrogens is 3. The van der Waals surface area contributed by atoms with E-state index in [4.69, 9.17) is 5.73 Å². The average molecular weight is 296 g/mol. The lowest BCUT2D eigenvalue weighted by atomic mass is 10.1. The second kappa shape index (κ2) is 5.59. The molecule has 0 saturated heterocycles. The van der Waals surface area contributed by atoms with Gasteiger partial charge in [0.1, 0.15) is 5.82 Å². The minimum Gasteiger partial charge on any atom is -0.324 e. The lowest BCUT2D eigenvalue weighted by molar-refractivity contribution is 0.595. The fraction of sp³-hybridized carbons (Fsp3) is 0.250. The monoisotopic (exact) mass is 296 g/mol. The number of nitrogens with one attached hydrogen (secondary N) is 1. The molecule has 0 fully saturated rings. The molecule has 0 unspecified atom stereocenters. The zero-order chi connectivity index (χ0) is 14.9. The van der Waals surface area contributed by atoms with E-state index in [0.717, 1.165) is 11.8 Å². The Morgan fingerprint density at radius 2 is 2.15 bits per heavy atom. The number of aryl methyl sites for hydroxylation is 1. The van der Waals surface area contributed by atoms with Crippen molar-refractivity contribution in [2.75, 3.05) is 0 Å². The lowest BCUT2D eigenvalue weighted by Crippen LogP contribution is -2.33. The molecule has 2 aromatic rings. The van der Waals surface area contributed by atoms with Gasteiger partial charge in [0, 0.05) is 18.0 Å². The molecule has 0 aliphatic rings. The minimum atomic E-state index is -0.866. The van der Waals surface area contributed by atoms with Gasteiger partial charge in [0.15, 0.2) is 5.16 Å². The van der Waals surface area contributed by atoms with E-state index in [1.54, 1.807) is 20.0 Å². The molecule has 0 saturated carbocycles. The predicted octanol–water partition coefficient (Wildman–Crippen LogP) is 0.779. The standard InChI is InChI=1S/C12H13FN4O2S/c1-6(14)8-5-7(13)3-4-9(8)20-12-15-10(18)11(19)16-17(12)2/h3-6H,14H2,1-2H3,(H,16,19)/t6-/m1/s1. The molecule has 1 aromatic carbocycles. The molecule has 2 rings (SSSR count). The highest BCUT2D eigenvalue weighted by Crippen LogP contribution is 2.31. The summed E-state index contributed by atoms with van der Waals surface area (Å²) in [6.45, 7) is 1.73. The number of hydrogen-bond acceptors (Lipinski definition) is 5. The quantitative estimate of drug-likeness (QED) is 0.816. The van der Waals surface area contributed by atoms with E-state index in [2.05, 4.69) is 10.1 Å². The zero-order valence-corrected chi connectivity index (χ0v) is 11.7. The van der Waals surface area contributed by atoms with Crippen LogP contribution in [0, 0.1) is 5.82 Å². The topological polar surface area (TPSA) is 93.8 Å². The maximum absolute atomic E-state index is 13.3. The number of nitrogens with two attached hydrogens (primary N) is 1. The molecule has 0 amide bonds. The van der Waals surface area contributed by atoms with E-state index in [1.807, 2.05) is 0 Å². The molecule has 6 nitrogen and oxygen atoms in total. The van der Waals surface area contributed by atoms with Crippen molar-refractivity contribution in [2.24, 2.45) is 12.8 Å². The van der Waals surface area contributed by atoms with Gasteiger partial charge in [-0.15, -0.1) is 0 Å². The summed E-state index contributed by atoms with van der Waals surface area (Å²) in [5.74, 6) is -0.384. The van der Waals surface area contributed by atoms with E-state index < -0.39 is 11.1 Å². The Morgan fingerprint density at radius 1 is 1.45 bits per heavy atom. The van der Waals surface area contributed by atoms with Crippen LogP contribution in [0.3, 0.4) is 0 Å². The molecule has 20 heavy (non-hydrogen) atoms. The maximum atomic E-state index is 13.3. The van der Waals surface area contributed by atoms with Crippen LogP contribution in [0.1, 0.15) is 18.5 Å². The number of halogens is 1. The van der Waals surface area contributed by atoms with Crippen LogP contribution in [-0.4, -0.2) is 14.8 Å². The van der Waals surface area contributed by atoms with Crippen LogP contribution in [0.4, 0.5) is 4.39 Å². The fourth-order valence-electron chi connectivity index (χ4n) is 1.62. The molecule has 0 radical (unpaired) electrons. The Morgan fingerprint density at radius 3 is 2.80 bits per heavy atom. The Labute approximate surface area is 117 Å². The summed E-state index contributed by atoms with van der Waals surface area (Å²) in [6.07, 6.45) is 0. The molecule has 1 aromatic heterocycles. The molecule has 8 heteroatoms. The van der Waals surface area contributed by atoms with Crippen LogP contribution in [0.2, 0.25) is 0 Å². The van der Waals surface area contributed by atoms with E-state index >= 15 is 0 Å². The molecular weight excluding hydrogens is 283 g/mol. The first-order chi connectivity index (χ1) is 9.38. The first-order valence-electron chi connectivity index (χ1n) is 5.78. The molecule has 0 aliphatic carbocycles. The van der Waals surface area contributed by atoms with Crippen LogP contribution < -0.4 is 16.9 Å². The van der Waals surface area contributed by atoms with Crippen LogP contribution in [-0.2, 0) is 7.05 Å². The highest BCUT2D eigenvalue weighted by molar-refractivity contribution is 7.99. The lowest BCUT2D eigenvalue weighted by Gasteiger charge is -2.13. The van der Waals surface area contributed by atoms with Gasteiger partial charge in [-0.1, -0.05) is 0 Å². The molecular formula is C12H13FN4O2S. The molecule has 0 spiro atoms. The van der Waals surface area contributed by atoms with Crippen LogP contribution >= 0.6 is 11.8 Å². The van der Waals surface area contributed by atoms with Gasteiger partial charge in [0.25, 0.3) is 0 Å². The van der Waals surface area contributed by atoms with Gasteiger partial charge in [-0.25, -0.2) is 4.39 Å². The van der Waals surface area contributed by atoms with Crippen molar-refractivity contribution in [2.45, 2.75) is 23.0 Å². The smallest absolute Gasteiger partial charge is 0.324 e. The van der Waals surface area contributed by atoms with Gasteiger partial charge < -0.3 is 5.73 Å². The minimum absolute atomic E-state index is 0.295. The van der Waals surface area contributed by atoms with Crippen molar-refractivity contribution in [1.82, 2.24) is 14.8 Å². The van der Waals surface area contributed by atoms with Gasteiger partial charge in [0.05, 0.1) is 0 Å². The Hall–Kier alpha value is -1.93. The number of nitrogens with zero attached hydrogens (tertiary/aromatic N) is 2. The van der Waals surface area contributed by atoms with Gasteiger partial charge in [0.2, 0.25) is 0 Å². The highest BCUT2D eigenvalue weighted by atomic mass is 32.2. The highest BCUT2D eigenvalue weighted by Gasteiger charge is 2.13. The summed E-state index contributed by atoms with van der Waals surface area (Å²) in [7, 11) is 1.56. The summed E-state index contributed by atoms with van der Waals surface area (Å²) in [6, 6.07) is 3.85. The maximum Gasteiger partial charge on any atom is 0.339 e. The Kier molecular flexibility index (Phi) is 4.05. The third-order valence-corrected chi connectivity index (χ3v) is 3.75. The van der Waals surface area contributed by atoms with E-state index in [9.17, 15) is 14.0 Å². The first kappa shape index (κ1) is 14.5. The summed E-state index contributed by atoms with van der Waals surface area (Å²) >= 11 is 1.14. The van der Waals surface area contributed by atoms with Crippen LogP contribution in [0.15, 0.2) is 37.8 Å². The van der Waals surface area contributed by atoms with Crippen molar-refractivity contribution < 1.29 is 4.39 Å². The third-order valence-electron chi connectivity index (χ3n) is 2.61. The fourth-order valence-corrected chi connectivity index (χ4v) is 2.62. The second-order valence-electron chi connectivity index (χ2n) is 4.27. The van der Waals surface area contributed by atoms with Crippen molar-refractivity contribution in [3.8, 4) is 0 Å². The summed E-state index contributed by atoms with van der Waals surface area (Å²) in [5, 5.41) is 2.64. The largest absolute Gasteiger partial charge is 0.339 e. The van der Waals surface area contributed by atoms with E-state index in [0.29, 0.717) is 15.6 Å². The molecule has 0 aliphatic heterocycles. The zero-order valence-electron chi connectivity index (χ0n) is 10.9. The SMILES string of the molecule is C[C@@H](N)c1cc(F)ccc1Sc1nc(=O)c(=O)[nH]n1C. The van der Waals surface area contributed by atoms with Crippen LogP contribution in [0.25, 0.3) is 0 Å². The second-order valence-corrected chi connectivity index (χ2v) is 5.28. The molecule has 106 valence electrons. The number of rotatable bonds is 3. The van der Waals surface area contributed by atoms with Crippen molar-refractivity contribution >= 4 is 11.8 Å². The molecule has 1 atom stereocenters. The summed E-state index contributed by atoms with van der Waals surface area (Å²) in [4.78, 5) is 26.8. The Balaban J connectivity index is 2.47. The van der Waals surface area contributed by atoms with Crippen LogP contribution in [0.5, 0.6) is 0 Å². The van der Waals surface area contributed by atoms with Gasteiger partial charge in [-0.05, 0) is 42.4 Å². The number of H-pyrrole nitrogens is 1. The molecule has 0 bridgehead atoms. The van der Waals surface area contributed by atoms with Gasteiger partial charge in [-0.3, -0.25) is 19.4 Å². The summed E-state index contributed by atoms with van der Waals surface area (Å²) in [5.41, 5.74) is 4.76. The number of benzene rings is 1. The number of aromatic amines is 1. The van der Waals surface area contributed by atoms with Gasteiger partial charge in [-0.2, -0.15) is 4.98 Å². The normalized spacial score (nSPS) is 12.4. The number of hydrogen-bond donors (Lipinski definition) is 2. The first-order valence-corrected chi connectivity index (χ1v) is 6.60. The van der Waals surface area contributed by atoms with Crippen molar-refractivity contribution in [3.05, 3.63) is 50.3 Å². The van der Waals surface area contributed by atoms with Crippen molar-refractivity contribution in [3.63, 3.8) is 0 Å². The average Bonchev–Trinajstić information content (AvgIpc) is 2.37. The molecule has 3 N–H and O–H groups in total. The van der Waals surface area contributed by atoms with Gasteiger partial charge >= 0.3 is 11.1 Å². The van der Waals surface area contributed by atoms with E-state index in [1.165, 1.54) is 16.8 Å². The summed E-state index contributed by atoms with van der Waals surface area (Å²) < 4.78 is 14.6. The third kappa shape index (κ3) is 2.97. The predicted molar refractivity (Wildman–Crippen MR) is 73.2 cm³/mol. The van der Waals surface area contributed by atoms with Crippen molar-refractivity contribution in [1.29, 1.82) is 0 Å². The molecule has 1 heterocycles.